The molecule has 0 spiro atoms. The van der Waals surface area contributed by atoms with Gasteiger partial charge in [-0.3, -0.25) is 4.90 Å². The quantitative estimate of drug-likeness (QED) is 0.805. The van der Waals surface area contributed by atoms with Gasteiger partial charge in [0.25, 0.3) is 0 Å². The number of nitrogens with zero attached hydrogens (tertiary/aromatic N) is 2. The van der Waals surface area contributed by atoms with Gasteiger partial charge in [-0.2, -0.15) is 5.26 Å². The standard InChI is InChI=1S/C14H18N2O3S/c15-6-5-13-1-3-14(4-2-13)19-10-7-16-8-11-20(17,18)12-9-16/h1-4H,5,7-12H2. The van der Waals surface area contributed by atoms with E-state index in [1.54, 1.807) is 0 Å². The molecule has 1 heterocycles. The van der Waals surface area contributed by atoms with E-state index in [1.807, 2.05) is 24.3 Å². The van der Waals surface area contributed by atoms with Gasteiger partial charge < -0.3 is 4.74 Å². The van der Waals surface area contributed by atoms with E-state index < -0.39 is 9.84 Å². The van der Waals surface area contributed by atoms with E-state index in [2.05, 4.69) is 11.0 Å². The monoisotopic (exact) mass is 294 g/mol. The van der Waals surface area contributed by atoms with E-state index in [4.69, 9.17) is 10.00 Å². The summed E-state index contributed by atoms with van der Waals surface area (Å²) in [4.78, 5) is 2.10. The van der Waals surface area contributed by atoms with Crippen molar-refractivity contribution in [2.75, 3.05) is 37.7 Å². The summed E-state index contributed by atoms with van der Waals surface area (Å²) < 4.78 is 28.2. The average Bonchev–Trinajstić information content (AvgIpc) is 2.43. The molecule has 0 aromatic heterocycles. The van der Waals surface area contributed by atoms with Crippen molar-refractivity contribution in [2.24, 2.45) is 0 Å². The Hall–Kier alpha value is -1.58. The molecule has 2 rings (SSSR count). The minimum Gasteiger partial charge on any atom is -0.492 e. The molecule has 6 heteroatoms. The van der Waals surface area contributed by atoms with Crippen molar-refractivity contribution in [3.8, 4) is 11.8 Å². The fraction of sp³-hybridized carbons (Fsp3) is 0.500. The third-order valence-electron chi connectivity index (χ3n) is 3.32. The molecule has 1 aromatic carbocycles. The molecule has 0 radical (unpaired) electrons. The van der Waals surface area contributed by atoms with Crippen LogP contribution in [0, 0.1) is 11.3 Å². The molecule has 0 N–H and O–H groups in total. The van der Waals surface area contributed by atoms with Crippen LogP contribution < -0.4 is 4.74 Å². The van der Waals surface area contributed by atoms with Crippen molar-refractivity contribution in [1.82, 2.24) is 4.90 Å². The molecule has 0 saturated carbocycles. The zero-order valence-corrected chi connectivity index (χ0v) is 12.1. The van der Waals surface area contributed by atoms with Crippen molar-refractivity contribution < 1.29 is 13.2 Å². The van der Waals surface area contributed by atoms with Crippen LogP contribution in [0.3, 0.4) is 0 Å². The maximum atomic E-state index is 11.3. The topological polar surface area (TPSA) is 70.4 Å². The zero-order chi connectivity index (χ0) is 14.4. The van der Waals surface area contributed by atoms with E-state index in [0.29, 0.717) is 26.1 Å². The average molecular weight is 294 g/mol. The minimum absolute atomic E-state index is 0.246. The zero-order valence-electron chi connectivity index (χ0n) is 11.3. The van der Waals surface area contributed by atoms with Crippen LogP contribution in [0.15, 0.2) is 24.3 Å². The summed E-state index contributed by atoms with van der Waals surface area (Å²) in [7, 11) is -2.81. The lowest BCUT2D eigenvalue weighted by Crippen LogP contribution is -2.42. The van der Waals surface area contributed by atoms with Gasteiger partial charge in [-0.25, -0.2) is 8.42 Å². The number of nitriles is 1. The first-order valence-corrected chi connectivity index (χ1v) is 8.43. The molecule has 1 aliphatic heterocycles. The van der Waals surface area contributed by atoms with Crippen molar-refractivity contribution in [2.45, 2.75) is 6.42 Å². The molecule has 1 aliphatic rings. The van der Waals surface area contributed by atoms with Gasteiger partial charge in [-0.1, -0.05) is 12.1 Å². The largest absolute Gasteiger partial charge is 0.492 e. The summed E-state index contributed by atoms with van der Waals surface area (Å²) in [5, 5.41) is 8.58. The molecule has 1 saturated heterocycles. The van der Waals surface area contributed by atoms with Crippen molar-refractivity contribution >= 4 is 9.84 Å². The second kappa shape index (κ2) is 6.73. The molecule has 0 amide bonds. The van der Waals surface area contributed by atoms with Crippen LogP contribution in [0.25, 0.3) is 0 Å². The lowest BCUT2D eigenvalue weighted by Gasteiger charge is -2.26. The lowest BCUT2D eigenvalue weighted by molar-refractivity contribution is 0.219. The van der Waals surface area contributed by atoms with Gasteiger partial charge >= 0.3 is 0 Å². The molecule has 108 valence electrons. The number of ether oxygens (including phenoxy) is 1. The van der Waals surface area contributed by atoms with Crippen LogP contribution >= 0.6 is 0 Å². The third-order valence-corrected chi connectivity index (χ3v) is 4.93. The second-order valence-electron chi connectivity index (χ2n) is 4.82. The fourth-order valence-electron chi connectivity index (χ4n) is 2.06. The van der Waals surface area contributed by atoms with Gasteiger partial charge in [0.15, 0.2) is 9.84 Å². The third kappa shape index (κ3) is 4.51. The summed E-state index contributed by atoms with van der Waals surface area (Å²) in [6.45, 7) is 2.45. The SMILES string of the molecule is N#CCc1ccc(OCCN2CCS(=O)(=O)CC2)cc1. The first kappa shape index (κ1) is 14.8. The molecule has 1 fully saturated rings. The highest BCUT2D eigenvalue weighted by molar-refractivity contribution is 7.91. The van der Waals surface area contributed by atoms with E-state index in [1.165, 1.54) is 0 Å². The minimum atomic E-state index is -2.81. The van der Waals surface area contributed by atoms with E-state index in [-0.39, 0.29) is 11.5 Å². The van der Waals surface area contributed by atoms with Gasteiger partial charge in [0, 0.05) is 19.6 Å². The summed E-state index contributed by atoms with van der Waals surface area (Å²) in [6.07, 6.45) is 0.405. The molecule has 1 aromatic rings. The molecule has 5 nitrogen and oxygen atoms in total. The molecule has 0 bridgehead atoms. The van der Waals surface area contributed by atoms with Crippen LogP contribution in [-0.2, 0) is 16.3 Å². The first-order chi connectivity index (χ1) is 9.59. The summed E-state index contributed by atoms with van der Waals surface area (Å²) in [6, 6.07) is 9.57. The first-order valence-electron chi connectivity index (χ1n) is 6.60. The van der Waals surface area contributed by atoms with Crippen molar-refractivity contribution in [3.05, 3.63) is 29.8 Å². The summed E-state index contributed by atoms with van der Waals surface area (Å²) in [5.41, 5.74) is 0.973. The van der Waals surface area contributed by atoms with Crippen molar-refractivity contribution in [1.29, 1.82) is 5.26 Å². The molecular formula is C14H18N2O3S. The van der Waals surface area contributed by atoms with Gasteiger partial charge in [0.05, 0.1) is 24.0 Å². The van der Waals surface area contributed by atoms with E-state index >= 15 is 0 Å². The van der Waals surface area contributed by atoms with Gasteiger partial charge in [-0.15, -0.1) is 0 Å². The van der Waals surface area contributed by atoms with Crippen LogP contribution in [0.1, 0.15) is 5.56 Å². The van der Waals surface area contributed by atoms with E-state index in [0.717, 1.165) is 17.9 Å². The normalized spacial score (nSPS) is 18.4. The fourth-order valence-corrected chi connectivity index (χ4v) is 3.34. The number of hydrogen-bond donors (Lipinski definition) is 0. The van der Waals surface area contributed by atoms with Gasteiger partial charge in [0.2, 0.25) is 0 Å². The highest BCUT2D eigenvalue weighted by Crippen LogP contribution is 2.12. The number of sulfone groups is 1. The van der Waals surface area contributed by atoms with Crippen LogP contribution in [0.5, 0.6) is 5.75 Å². The Kier molecular flexibility index (Phi) is 4.99. The lowest BCUT2D eigenvalue weighted by atomic mass is 10.2. The Balaban J connectivity index is 1.72. The molecule has 0 aliphatic carbocycles. The Morgan fingerprint density at radius 2 is 1.85 bits per heavy atom. The predicted octanol–water partition coefficient (Wildman–Crippen LogP) is 0.862. The molecule has 0 atom stereocenters. The predicted molar refractivity (Wildman–Crippen MR) is 76.3 cm³/mol. The highest BCUT2D eigenvalue weighted by atomic mass is 32.2. The highest BCUT2D eigenvalue weighted by Gasteiger charge is 2.20. The molecule has 0 unspecified atom stereocenters. The van der Waals surface area contributed by atoms with Crippen LogP contribution in [-0.4, -0.2) is 51.1 Å². The Labute approximate surface area is 119 Å². The van der Waals surface area contributed by atoms with Crippen LogP contribution in [0.4, 0.5) is 0 Å². The Bertz CT molecular complexity index is 561. The Morgan fingerprint density at radius 3 is 2.45 bits per heavy atom. The van der Waals surface area contributed by atoms with Gasteiger partial charge in [0.1, 0.15) is 12.4 Å². The van der Waals surface area contributed by atoms with E-state index in [9.17, 15) is 8.42 Å². The smallest absolute Gasteiger partial charge is 0.152 e. The summed E-state index contributed by atoms with van der Waals surface area (Å²) in [5.74, 6) is 1.27. The number of benzene rings is 1. The summed E-state index contributed by atoms with van der Waals surface area (Å²) >= 11 is 0. The second-order valence-corrected chi connectivity index (χ2v) is 7.12. The van der Waals surface area contributed by atoms with Crippen LogP contribution in [0.2, 0.25) is 0 Å². The maximum absolute atomic E-state index is 11.3. The van der Waals surface area contributed by atoms with Crippen molar-refractivity contribution in [3.63, 3.8) is 0 Å². The maximum Gasteiger partial charge on any atom is 0.152 e. The Morgan fingerprint density at radius 1 is 1.20 bits per heavy atom. The number of hydrogen-bond acceptors (Lipinski definition) is 5. The molecule has 20 heavy (non-hydrogen) atoms. The van der Waals surface area contributed by atoms with Gasteiger partial charge in [-0.05, 0) is 17.7 Å². The number of rotatable bonds is 5. The molecular weight excluding hydrogens is 276 g/mol.